The van der Waals surface area contributed by atoms with Gasteiger partial charge in [0.1, 0.15) is 29.5 Å². The van der Waals surface area contributed by atoms with Gasteiger partial charge in [-0.3, -0.25) is 0 Å². The van der Waals surface area contributed by atoms with E-state index in [0.717, 1.165) is 41.1 Å². The molecule has 2 aromatic carbocycles. The summed E-state index contributed by atoms with van der Waals surface area (Å²) in [6.45, 7) is 4.80. The van der Waals surface area contributed by atoms with E-state index in [0.29, 0.717) is 12.5 Å². The molecule has 0 bridgehead atoms. The Morgan fingerprint density at radius 2 is 1.96 bits per heavy atom. The monoisotopic (exact) mass is 350 g/mol. The van der Waals surface area contributed by atoms with Crippen molar-refractivity contribution < 1.29 is 9.13 Å². The van der Waals surface area contributed by atoms with Gasteiger partial charge in [-0.25, -0.2) is 9.37 Å². The normalized spacial score (nSPS) is 17.5. The van der Waals surface area contributed by atoms with Crippen LogP contribution in [0.25, 0.3) is 10.9 Å². The van der Waals surface area contributed by atoms with Gasteiger partial charge in [-0.1, -0.05) is 31.2 Å². The number of benzene rings is 2. The summed E-state index contributed by atoms with van der Waals surface area (Å²) >= 11 is 0. The maximum atomic E-state index is 13.1. The van der Waals surface area contributed by atoms with E-state index in [-0.39, 0.29) is 5.82 Å². The van der Waals surface area contributed by atoms with Gasteiger partial charge in [0.15, 0.2) is 0 Å². The standard InChI is InChI=1S/C22H23FN2O/c1-16-4-3-13-25(14-16)21-12-9-18-5-2-6-20(22(18)24-21)26-15-17-7-10-19(23)11-8-17/h2,5-12,16H,3-4,13-15H2,1H3. The molecular formula is C22H23FN2O. The van der Waals surface area contributed by atoms with Crippen molar-refractivity contribution in [3.05, 3.63) is 66.0 Å². The summed E-state index contributed by atoms with van der Waals surface area (Å²) in [7, 11) is 0. The minimum atomic E-state index is -0.235. The fourth-order valence-corrected chi connectivity index (χ4v) is 3.54. The number of aromatic nitrogens is 1. The van der Waals surface area contributed by atoms with Gasteiger partial charge in [-0.15, -0.1) is 0 Å². The highest BCUT2D eigenvalue weighted by Crippen LogP contribution is 2.29. The minimum absolute atomic E-state index is 0.235. The van der Waals surface area contributed by atoms with E-state index in [1.54, 1.807) is 12.1 Å². The van der Waals surface area contributed by atoms with E-state index in [4.69, 9.17) is 9.72 Å². The number of piperidine rings is 1. The topological polar surface area (TPSA) is 25.4 Å². The fraction of sp³-hybridized carbons (Fsp3) is 0.318. The molecule has 1 unspecified atom stereocenters. The Hall–Kier alpha value is -2.62. The zero-order valence-corrected chi connectivity index (χ0v) is 15.0. The Bertz CT molecular complexity index is 894. The SMILES string of the molecule is CC1CCCN(c2ccc3cccc(OCc4ccc(F)cc4)c3n2)C1. The van der Waals surface area contributed by atoms with Crippen LogP contribution in [0.4, 0.5) is 10.2 Å². The van der Waals surface area contributed by atoms with Crippen molar-refractivity contribution in [1.29, 1.82) is 0 Å². The Labute approximate surface area is 153 Å². The molecule has 1 fully saturated rings. The lowest BCUT2D eigenvalue weighted by atomic mass is 10.0. The third-order valence-electron chi connectivity index (χ3n) is 4.96. The molecule has 4 rings (SSSR count). The maximum Gasteiger partial charge on any atom is 0.146 e. The number of para-hydroxylation sites is 1. The number of fused-ring (bicyclic) bond motifs is 1. The Morgan fingerprint density at radius 3 is 2.77 bits per heavy atom. The molecule has 1 aliphatic rings. The zero-order valence-electron chi connectivity index (χ0n) is 15.0. The maximum absolute atomic E-state index is 13.1. The molecule has 134 valence electrons. The molecule has 0 radical (unpaired) electrons. The summed E-state index contributed by atoms with van der Waals surface area (Å²) < 4.78 is 19.1. The number of halogens is 1. The molecule has 26 heavy (non-hydrogen) atoms. The van der Waals surface area contributed by atoms with Gasteiger partial charge in [0.2, 0.25) is 0 Å². The highest BCUT2D eigenvalue weighted by atomic mass is 19.1. The second-order valence-electron chi connectivity index (χ2n) is 7.11. The van der Waals surface area contributed by atoms with E-state index in [1.165, 1.54) is 25.0 Å². The van der Waals surface area contributed by atoms with Crippen LogP contribution >= 0.6 is 0 Å². The molecule has 3 aromatic rings. The van der Waals surface area contributed by atoms with Crippen molar-refractivity contribution in [2.75, 3.05) is 18.0 Å². The smallest absolute Gasteiger partial charge is 0.146 e. The van der Waals surface area contributed by atoms with Crippen molar-refractivity contribution in [2.24, 2.45) is 5.92 Å². The van der Waals surface area contributed by atoms with Gasteiger partial charge in [-0.2, -0.15) is 0 Å². The quantitative estimate of drug-likeness (QED) is 0.647. The van der Waals surface area contributed by atoms with Gasteiger partial charge >= 0.3 is 0 Å². The number of anilines is 1. The van der Waals surface area contributed by atoms with Crippen LogP contribution in [-0.4, -0.2) is 18.1 Å². The Kier molecular flexibility index (Phi) is 4.74. The second-order valence-corrected chi connectivity index (χ2v) is 7.11. The lowest BCUT2D eigenvalue weighted by molar-refractivity contribution is 0.309. The highest BCUT2D eigenvalue weighted by Gasteiger charge is 2.18. The molecule has 2 heterocycles. The Morgan fingerprint density at radius 1 is 1.12 bits per heavy atom. The number of hydrogen-bond donors (Lipinski definition) is 0. The second kappa shape index (κ2) is 7.32. The lowest BCUT2D eigenvalue weighted by Gasteiger charge is -2.32. The molecule has 1 aliphatic heterocycles. The lowest BCUT2D eigenvalue weighted by Crippen LogP contribution is -2.34. The van der Waals surface area contributed by atoms with Gasteiger partial charge in [0.25, 0.3) is 0 Å². The van der Waals surface area contributed by atoms with Gasteiger partial charge in [0.05, 0.1) is 0 Å². The van der Waals surface area contributed by atoms with Crippen LogP contribution in [0.3, 0.4) is 0 Å². The summed E-state index contributed by atoms with van der Waals surface area (Å²) in [5, 5.41) is 1.07. The molecule has 1 atom stereocenters. The van der Waals surface area contributed by atoms with Crippen LogP contribution in [0.5, 0.6) is 5.75 Å². The van der Waals surface area contributed by atoms with Gasteiger partial charge < -0.3 is 9.64 Å². The van der Waals surface area contributed by atoms with E-state index < -0.39 is 0 Å². The molecule has 1 aromatic heterocycles. The number of hydrogen-bond acceptors (Lipinski definition) is 3. The molecule has 0 saturated carbocycles. The van der Waals surface area contributed by atoms with Crippen LogP contribution in [-0.2, 0) is 6.61 Å². The predicted molar refractivity (Wildman–Crippen MR) is 103 cm³/mol. The molecule has 0 spiro atoms. The largest absolute Gasteiger partial charge is 0.487 e. The Balaban J connectivity index is 1.59. The highest BCUT2D eigenvalue weighted by molar-refractivity contribution is 5.86. The zero-order chi connectivity index (χ0) is 17.9. The van der Waals surface area contributed by atoms with Crippen LogP contribution in [0.2, 0.25) is 0 Å². The molecule has 4 heteroatoms. The predicted octanol–water partition coefficient (Wildman–Crippen LogP) is 5.19. The molecule has 1 saturated heterocycles. The number of ether oxygens (including phenoxy) is 1. The molecule has 0 N–H and O–H groups in total. The van der Waals surface area contributed by atoms with Crippen molar-refractivity contribution in [2.45, 2.75) is 26.4 Å². The van der Waals surface area contributed by atoms with E-state index in [9.17, 15) is 4.39 Å². The van der Waals surface area contributed by atoms with Gasteiger partial charge in [0, 0.05) is 18.5 Å². The summed E-state index contributed by atoms with van der Waals surface area (Å²) in [4.78, 5) is 7.27. The average molecular weight is 350 g/mol. The van der Waals surface area contributed by atoms with Crippen LogP contribution < -0.4 is 9.64 Å². The third-order valence-corrected chi connectivity index (χ3v) is 4.96. The number of rotatable bonds is 4. The molecular weight excluding hydrogens is 327 g/mol. The van der Waals surface area contributed by atoms with Crippen LogP contribution in [0, 0.1) is 11.7 Å². The van der Waals surface area contributed by atoms with Gasteiger partial charge in [-0.05, 0) is 54.7 Å². The van der Waals surface area contributed by atoms with E-state index >= 15 is 0 Å². The minimum Gasteiger partial charge on any atom is -0.487 e. The summed E-state index contributed by atoms with van der Waals surface area (Å²) in [6.07, 6.45) is 2.50. The average Bonchev–Trinajstić information content (AvgIpc) is 2.67. The van der Waals surface area contributed by atoms with E-state index in [2.05, 4.69) is 30.0 Å². The van der Waals surface area contributed by atoms with Crippen molar-refractivity contribution in [1.82, 2.24) is 4.98 Å². The van der Waals surface area contributed by atoms with E-state index in [1.807, 2.05) is 12.1 Å². The first-order chi connectivity index (χ1) is 12.7. The summed E-state index contributed by atoms with van der Waals surface area (Å²) in [5.74, 6) is 2.24. The van der Waals surface area contributed by atoms with Crippen molar-refractivity contribution in [3.8, 4) is 5.75 Å². The molecule has 0 amide bonds. The molecule has 3 nitrogen and oxygen atoms in total. The van der Waals surface area contributed by atoms with Crippen LogP contribution in [0.15, 0.2) is 54.6 Å². The summed E-state index contributed by atoms with van der Waals surface area (Å²) in [5.41, 5.74) is 1.81. The first-order valence-electron chi connectivity index (χ1n) is 9.21. The number of pyridine rings is 1. The third kappa shape index (κ3) is 3.64. The van der Waals surface area contributed by atoms with Crippen molar-refractivity contribution >= 4 is 16.7 Å². The fourth-order valence-electron chi connectivity index (χ4n) is 3.54. The summed E-state index contributed by atoms with van der Waals surface area (Å²) in [6, 6.07) is 16.6. The van der Waals surface area contributed by atoms with Crippen molar-refractivity contribution in [3.63, 3.8) is 0 Å². The first-order valence-corrected chi connectivity index (χ1v) is 9.21. The van der Waals surface area contributed by atoms with Crippen LogP contribution in [0.1, 0.15) is 25.3 Å². The number of nitrogens with zero attached hydrogens (tertiary/aromatic N) is 2. The first kappa shape index (κ1) is 16.8. The molecule has 0 aliphatic carbocycles.